The number of carbonyl (C=O) groups is 1. The largest absolute Gasteiger partial charge is 0.494 e. The van der Waals surface area contributed by atoms with Crippen LogP contribution in [0, 0.1) is 23.0 Å². The normalized spacial score (nSPS) is 11.0. The van der Waals surface area contributed by atoms with Gasteiger partial charge in [0.2, 0.25) is 0 Å². The van der Waals surface area contributed by atoms with Crippen molar-refractivity contribution < 1.29 is 18.3 Å². The summed E-state index contributed by atoms with van der Waals surface area (Å²) in [6, 6.07) is 19.2. The number of nitrogens with one attached hydrogen (secondary N) is 1. The molecule has 0 spiro atoms. The number of ether oxygens (including phenoxy) is 1. The Morgan fingerprint density at radius 3 is 2.61 bits per heavy atom. The quantitative estimate of drug-likeness (QED) is 0.407. The van der Waals surface area contributed by atoms with Crippen LogP contribution in [0.25, 0.3) is 6.08 Å². The van der Waals surface area contributed by atoms with Crippen LogP contribution in [0.4, 0.5) is 14.5 Å². The standard InChI is InChI=1S/C25H20F2N2O2/c1-2-31-24-15-18(10-11-19(24)12-17-6-5-7-21(26)14-17)13-20(16-28)25(30)29-23-9-4-3-8-22(23)27/h3-11,13-15H,2,12H2,1H3,(H,29,30)/b20-13+. The van der Waals surface area contributed by atoms with Gasteiger partial charge in [0.05, 0.1) is 12.3 Å². The minimum atomic E-state index is -0.714. The Kier molecular flexibility index (Phi) is 7.13. The van der Waals surface area contributed by atoms with Crippen molar-refractivity contribution in [2.45, 2.75) is 13.3 Å². The number of para-hydroxylation sites is 1. The van der Waals surface area contributed by atoms with Crippen molar-refractivity contribution in [3.63, 3.8) is 0 Å². The van der Waals surface area contributed by atoms with E-state index in [9.17, 15) is 18.8 Å². The second-order valence-electron chi connectivity index (χ2n) is 6.71. The summed E-state index contributed by atoms with van der Waals surface area (Å²) in [6.07, 6.45) is 1.88. The lowest BCUT2D eigenvalue weighted by Crippen LogP contribution is -2.14. The number of halogens is 2. The SMILES string of the molecule is CCOc1cc(/C=C(\C#N)C(=O)Nc2ccccc2F)ccc1Cc1cccc(F)c1. The van der Waals surface area contributed by atoms with Gasteiger partial charge < -0.3 is 10.1 Å². The van der Waals surface area contributed by atoms with Crippen LogP contribution in [0.3, 0.4) is 0 Å². The molecule has 31 heavy (non-hydrogen) atoms. The first-order valence-electron chi connectivity index (χ1n) is 9.68. The highest BCUT2D eigenvalue weighted by atomic mass is 19.1. The molecule has 0 atom stereocenters. The molecule has 0 aromatic heterocycles. The lowest BCUT2D eigenvalue weighted by Gasteiger charge is -2.12. The fourth-order valence-electron chi connectivity index (χ4n) is 3.03. The zero-order valence-corrected chi connectivity index (χ0v) is 16.9. The van der Waals surface area contributed by atoms with Crippen LogP contribution in [-0.4, -0.2) is 12.5 Å². The van der Waals surface area contributed by atoms with Gasteiger partial charge in [0.15, 0.2) is 0 Å². The van der Waals surface area contributed by atoms with Crippen LogP contribution < -0.4 is 10.1 Å². The number of amides is 1. The maximum absolute atomic E-state index is 13.8. The molecule has 6 heteroatoms. The molecule has 0 unspecified atom stereocenters. The van der Waals surface area contributed by atoms with Crippen molar-refractivity contribution >= 4 is 17.7 Å². The monoisotopic (exact) mass is 418 g/mol. The Hall–Kier alpha value is -3.98. The number of anilines is 1. The predicted molar refractivity (Wildman–Crippen MR) is 115 cm³/mol. The minimum absolute atomic E-state index is 0.00547. The molecule has 0 saturated carbocycles. The molecule has 4 nitrogen and oxygen atoms in total. The Morgan fingerprint density at radius 2 is 1.90 bits per heavy atom. The highest BCUT2D eigenvalue weighted by Gasteiger charge is 2.13. The number of hydrogen-bond acceptors (Lipinski definition) is 3. The Balaban J connectivity index is 1.86. The maximum atomic E-state index is 13.8. The van der Waals surface area contributed by atoms with Gasteiger partial charge in [-0.2, -0.15) is 5.26 Å². The predicted octanol–water partition coefficient (Wildman–Crippen LogP) is 5.50. The van der Waals surface area contributed by atoms with Crippen LogP contribution in [0.1, 0.15) is 23.6 Å². The first-order valence-corrected chi connectivity index (χ1v) is 9.68. The third-order valence-electron chi connectivity index (χ3n) is 4.47. The van der Waals surface area contributed by atoms with Gasteiger partial charge in [-0.15, -0.1) is 0 Å². The number of rotatable bonds is 7. The third kappa shape index (κ3) is 5.77. The smallest absolute Gasteiger partial charge is 0.266 e. The number of nitriles is 1. The van der Waals surface area contributed by atoms with Crippen LogP contribution in [-0.2, 0) is 11.2 Å². The summed E-state index contributed by atoms with van der Waals surface area (Å²) < 4.78 is 33.0. The van der Waals surface area contributed by atoms with Crippen LogP contribution in [0.15, 0.2) is 72.3 Å². The second-order valence-corrected chi connectivity index (χ2v) is 6.71. The van der Waals surface area contributed by atoms with E-state index in [1.807, 2.05) is 25.1 Å². The van der Waals surface area contributed by atoms with E-state index < -0.39 is 11.7 Å². The van der Waals surface area contributed by atoms with Crippen LogP contribution in [0.5, 0.6) is 5.75 Å². The summed E-state index contributed by atoms with van der Waals surface area (Å²) in [5, 5.41) is 11.8. The van der Waals surface area contributed by atoms with Crippen molar-refractivity contribution in [3.05, 3.63) is 101 Å². The first kappa shape index (κ1) is 21.7. The molecule has 0 saturated heterocycles. The molecule has 1 amide bonds. The van der Waals surface area contributed by atoms with Gasteiger partial charge in [0, 0.05) is 6.42 Å². The van der Waals surface area contributed by atoms with E-state index in [0.29, 0.717) is 24.3 Å². The molecule has 0 aliphatic carbocycles. The molecule has 3 aromatic rings. The highest BCUT2D eigenvalue weighted by Crippen LogP contribution is 2.25. The molecule has 0 bridgehead atoms. The molecule has 156 valence electrons. The van der Waals surface area contributed by atoms with Crippen LogP contribution in [0.2, 0.25) is 0 Å². The molecule has 0 radical (unpaired) electrons. The van der Waals surface area contributed by atoms with Gasteiger partial charge >= 0.3 is 0 Å². The minimum Gasteiger partial charge on any atom is -0.494 e. The molecular weight excluding hydrogens is 398 g/mol. The van der Waals surface area contributed by atoms with Crippen molar-refractivity contribution in [2.24, 2.45) is 0 Å². The van der Waals surface area contributed by atoms with Gasteiger partial charge in [-0.1, -0.05) is 36.4 Å². The van der Waals surface area contributed by atoms with E-state index in [1.54, 1.807) is 24.3 Å². The van der Waals surface area contributed by atoms with Gasteiger partial charge in [-0.05, 0) is 60.0 Å². The van der Waals surface area contributed by atoms with Crippen molar-refractivity contribution in [1.82, 2.24) is 0 Å². The molecule has 0 aliphatic heterocycles. The highest BCUT2D eigenvalue weighted by molar-refractivity contribution is 6.09. The lowest BCUT2D eigenvalue weighted by atomic mass is 10.0. The fourth-order valence-corrected chi connectivity index (χ4v) is 3.03. The third-order valence-corrected chi connectivity index (χ3v) is 4.47. The fraction of sp³-hybridized carbons (Fsp3) is 0.120. The average molecular weight is 418 g/mol. The van der Waals surface area contributed by atoms with Gasteiger partial charge in [-0.25, -0.2) is 8.78 Å². The molecular formula is C25H20F2N2O2. The molecule has 0 heterocycles. The van der Waals surface area contributed by atoms with Gasteiger partial charge in [0.1, 0.15) is 29.0 Å². The summed E-state index contributed by atoms with van der Waals surface area (Å²) in [7, 11) is 0. The number of nitrogens with zero attached hydrogens (tertiary/aromatic N) is 1. The van der Waals surface area contributed by atoms with E-state index in [-0.39, 0.29) is 17.1 Å². The topological polar surface area (TPSA) is 62.1 Å². The molecule has 3 aromatic carbocycles. The molecule has 0 fully saturated rings. The van der Waals surface area contributed by atoms with E-state index in [0.717, 1.165) is 11.1 Å². The molecule has 3 rings (SSSR count). The summed E-state index contributed by atoms with van der Waals surface area (Å²) in [5.41, 5.74) is 2.04. The number of hydrogen-bond donors (Lipinski definition) is 1. The summed E-state index contributed by atoms with van der Waals surface area (Å²) >= 11 is 0. The van der Waals surface area contributed by atoms with Crippen molar-refractivity contribution in [3.8, 4) is 11.8 Å². The summed E-state index contributed by atoms with van der Waals surface area (Å²) in [6.45, 7) is 2.26. The van der Waals surface area contributed by atoms with E-state index in [2.05, 4.69) is 5.32 Å². The Morgan fingerprint density at radius 1 is 1.10 bits per heavy atom. The van der Waals surface area contributed by atoms with Crippen molar-refractivity contribution in [2.75, 3.05) is 11.9 Å². The van der Waals surface area contributed by atoms with E-state index in [1.165, 1.54) is 36.4 Å². The van der Waals surface area contributed by atoms with Gasteiger partial charge in [-0.3, -0.25) is 4.79 Å². The molecule has 1 N–H and O–H groups in total. The average Bonchev–Trinajstić information content (AvgIpc) is 2.75. The number of benzene rings is 3. The Bertz CT molecular complexity index is 1170. The van der Waals surface area contributed by atoms with E-state index in [4.69, 9.17) is 4.74 Å². The first-order chi connectivity index (χ1) is 15.0. The summed E-state index contributed by atoms with van der Waals surface area (Å²) in [5.74, 6) is -1.04. The zero-order chi connectivity index (χ0) is 22.2. The van der Waals surface area contributed by atoms with E-state index >= 15 is 0 Å². The maximum Gasteiger partial charge on any atom is 0.266 e. The molecule has 0 aliphatic rings. The Labute approximate surface area is 179 Å². The lowest BCUT2D eigenvalue weighted by molar-refractivity contribution is -0.112. The zero-order valence-electron chi connectivity index (χ0n) is 16.9. The number of carbonyl (C=O) groups excluding carboxylic acids is 1. The van der Waals surface area contributed by atoms with Gasteiger partial charge in [0.25, 0.3) is 5.91 Å². The van der Waals surface area contributed by atoms with Crippen molar-refractivity contribution in [1.29, 1.82) is 5.26 Å². The van der Waals surface area contributed by atoms with Crippen LogP contribution >= 0.6 is 0 Å². The summed E-state index contributed by atoms with van der Waals surface area (Å²) in [4.78, 5) is 12.4. The second kappa shape index (κ2) is 10.2.